The van der Waals surface area contributed by atoms with Crippen LogP contribution in [0.5, 0.6) is 0 Å². The summed E-state index contributed by atoms with van der Waals surface area (Å²) in [6, 6.07) is 6.45. The summed E-state index contributed by atoms with van der Waals surface area (Å²) in [5.41, 5.74) is 1.05. The molecule has 1 atom stereocenters. The molecule has 1 saturated heterocycles. The molecular weight excluding hydrogens is 269 g/mol. The van der Waals surface area contributed by atoms with Gasteiger partial charge in [0.15, 0.2) is 0 Å². The number of likely N-dealkylation sites (N-methyl/N-ethyl adjacent to an activating group) is 1. The Morgan fingerprint density at radius 3 is 2.81 bits per heavy atom. The van der Waals surface area contributed by atoms with Crippen molar-refractivity contribution in [1.82, 2.24) is 15.5 Å². The predicted octanol–water partition coefficient (Wildman–Crippen LogP) is 1.52. The average Bonchev–Trinajstić information content (AvgIpc) is 2.94. The first-order chi connectivity index (χ1) is 10.2. The van der Waals surface area contributed by atoms with E-state index in [2.05, 4.69) is 15.5 Å². The van der Waals surface area contributed by atoms with Crippen LogP contribution >= 0.6 is 0 Å². The van der Waals surface area contributed by atoms with E-state index in [-0.39, 0.29) is 17.8 Å². The van der Waals surface area contributed by atoms with E-state index in [1.165, 1.54) is 12.1 Å². The number of nitrogens with zero attached hydrogens (tertiary/aromatic N) is 1. The van der Waals surface area contributed by atoms with Gasteiger partial charge in [-0.1, -0.05) is 19.1 Å². The molecule has 1 amide bonds. The molecule has 116 valence electrons. The van der Waals surface area contributed by atoms with Crippen LogP contribution in [-0.4, -0.2) is 43.0 Å². The van der Waals surface area contributed by atoms with Crippen molar-refractivity contribution >= 4 is 5.91 Å². The van der Waals surface area contributed by atoms with Gasteiger partial charge in [0.2, 0.25) is 5.91 Å². The Bertz CT molecular complexity index is 449. The van der Waals surface area contributed by atoms with Gasteiger partial charge < -0.3 is 10.6 Å². The number of amides is 1. The molecule has 1 heterocycles. The molecular formula is C16H24FN3O. The number of halogens is 1. The first-order valence-corrected chi connectivity index (χ1v) is 7.67. The number of nitrogens with one attached hydrogen (secondary N) is 2. The summed E-state index contributed by atoms with van der Waals surface area (Å²) in [6.07, 6.45) is 1.93. The zero-order valence-corrected chi connectivity index (χ0v) is 12.6. The molecule has 4 nitrogen and oxygen atoms in total. The Balaban J connectivity index is 1.84. The van der Waals surface area contributed by atoms with Crippen LogP contribution < -0.4 is 10.6 Å². The normalized spacial score (nSPS) is 18.9. The second kappa shape index (κ2) is 8.10. The Hall–Kier alpha value is -1.46. The Morgan fingerprint density at radius 1 is 1.33 bits per heavy atom. The number of hydrogen-bond acceptors (Lipinski definition) is 3. The average molecular weight is 293 g/mol. The van der Waals surface area contributed by atoms with Gasteiger partial charge in [0.25, 0.3) is 0 Å². The third kappa shape index (κ3) is 4.79. The molecule has 0 saturated carbocycles. The van der Waals surface area contributed by atoms with E-state index in [1.807, 2.05) is 6.92 Å². The Kier molecular flexibility index (Phi) is 6.14. The summed E-state index contributed by atoms with van der Waals surface area (Å²) in [5, 5.41) is 6.17. The van der Waals surface area contributed by atoms with Crippen molar-refractivity contribution in [2.75, 3.05) is 26.2 Å². The quantitative estimate of drug-likeness (QED) is 0.749. The van der Waals surface area contributed by atoms with Crippen LogP contribution in [0.15, 0.2) is 24.3 Å². The van der Waals surface area contributed by atoms with Crippen molar-refractivity contribution < 1.29 is 9.18 Å². The molecule has 21 heavy (non-hydrogen) atoms. The van der Waals surface area contributed by atoms with Gasteiger partial charge in [0.1, 0.15) is 5.82 Å². The maximum absolute atomic E-state index is 12.9. The minimum absolute atomic E-state index is 0.0586. The van der Waals surface area contributed by atoms with Gasteiger partial charge in [-0.15, -0.1) is 0 Å². The molecule has 1 aromatic rings. The molecule has 0 bridgehead atoms. The summed E-state index contributed by atoms with van der Waals surface area (Å²) in [7, 11) is 0. The zero-order valence-electron chi connectivity index (χ0n) is 12.6. The molecule has 1 unspecified atom stereocenters. The minimum atomic E-state index is -0.224. The standard InChI is InChI=1S/C16H24FN3O/c1-2-18-9-10-19-16(21)15-4-3-11-20(15)12-13-5-7-14(17)8-6-13/h5-8,15,18H,2-4,9-12H2,1H3,(H,19,21). The number of likely N-dealkylation sites (tertiary alicyclic amines) is 1. The summed E-state index contributed by atoms with van der Waals surface area (Å²) in [4.78, 5) is 14.4. The maximum atomic E-state index is 12.9. The van der Waals surface area contributed by atoms with E-state index in [1.54, 1.807) is 12.1 Å². The molecule has 0 aromatic heterocycles. The molecule has 1 aliphatic rings. The van der Waals surface area contributed by atoms with E-state index < -0.39 is 0 Å². The Labute approximate surface area is 125 Å². The lowest BCUT2D eigenvalue weighted by Crippen LogP contribution is -2.44. The van der Waals surface area contributed by atoms with Crippen LogP contribution in [0.1, 0.15) is 25.3 Å². The summed E-state index contributed by atoms with van der Waals surface area (Å²) < 4.78 is 12.9. The summed E-state index contributed by atoms with van der Waals surface area (Å²) in [5.74, 6) is -0.120. The lowest BCUT2D eigenvalue weighted by atomic mass is 10.1. The topological polar surface area (TPSA) is 44.4 Å². The van der Waals surface area contributed by atoms with Crippen LogP contribution in [0.3, 0.4) is 0 Å². The van der Waals surface area contributed by atoms with E-state index in [0.29, 0.717) is 13.1 Å². The van der Waals surface area contributed by atoms with Crippen molar-refractivity contribution in [3.63, 3.8) is 0 Å². The van der Waals surface area contributed by atoms with Gasteiger partial charge in [0.05, 0.1) is 6.04 Å². The van der Waals surface area contributed by atoms with E-state index >= 15 is 0 Å². The SMILES string of the molecule is CCNCCNC(=O)C1CCCN1Cc1ccc(F)cc1. The molecule has 1 aromatic carbocycles. The fourth-order valence-electron chi connectivity index (χ4n) is 2.71. The second-order valence-corrected chi connectivity index (χ2v) is 5.40. The van der Waals surface area contributed by atoms with Gasteiger partial charge in [-0.3, -0.25) is 9.69 Å². The van der Waals surface area contributed by atoms with Gasteiger partial charge in [-0.25, -0.2) is 4.39 Å². The van der Waals surface area contributed by atoms with Gasteiger partial charge in [0, 0.05) is 19.6 Å². The van der Waals surface area contributed by atoms with E-state index in [4.69, 9.17) is 0 Å². The zero-order chi connectivity index (χ0) is 15.1. The highest BCUT2D eigenvalue weighted by molar-refractivity contribution is 5.82. The van der Waals surface area contributed by atoms with Gasteiger partial charge >= 0.3 is 0 Å². The smallest absolute Gasteiger partial charge is 0.237 e. The number of carbonyl (C=O) groups excluding carboxylic acids is 1. The monoisotopic (exact) mass is 293 g/mol. The minimum Gasteiger partial charge on any atom is -0.353 e. The van der Waals surface area contributed by atoms with Crippen molar-refractivity contribution in [1.29, 1.82) is 0 Å². The van der Waals surface area contributed by atoms with Crippen LogP contribution in [0.4, 0.5) is 4.39 Å². The third-order valence-corrected chi connectivity index (χ3v) is 3.82. The van der Waals surface area contributed by atoms with Crippen LogP contribution in [0.25, 0.3) is 0 Å². The molecule has 0 radical (unpaired) electrons. The van der Waals surface area contributed by atoms with Crippen LogP contribution in [-0.2, 0) is 11.3 Å². The number of carbonyl (C=O) groups is 1. The molecule has 1 aliphatic heterocycles. The van der Waals surface area contributed by atoms with Crippen molar-refractivity contribution in [3.8, 4) is 0 Å². The van der Waals surface area contributed by atoms with Crippen LogP contribution in [0, 0.1) is 5.82 Å². The summed E-state index contributed by atoms with van der Waals surface area (Å²) in [6.45, 7) is 6.04. The first-order valence-electron chi connectivity index (χ1n) is 7.67. The highest BCUT2D eigenvalue weighted by Gasteiger charge is 2.30. The van der Waals surface area contributed by atoms with Crippen molar-refractivity contribution in [2.45, 2.75) is 32.4 Å². The third-order valence-electron chi connectivity index (χ3n) is 3.82. The largest absolute Gasteiger partial charge is 0.353 e. The lowest BCUT2D eigenvalue weighted by molar-refractivity contribution is -0.125. The molecule has 2 rings (SSSR count). The number of hydrogen-bond donors (Lipinski definition) is 2. The first kappa shape index (κ1) is 15.9. The van der Waals surface area contributed by atoms with E-state index in [9.17, 15) is 9.18 Å². The highest BCUT2D eigenvalue weighted by atomic mass is 19.1. The van der Waals surface area contributed by atoms with Crippen molar-refractivity contribution in [2.24, 2.45) is 0 Å². The van der Waals surface area contributed by atoms with Crippen molar-refractivity contribution in [3.05, 3.63) is 35.6 Å². The summed E-state index contributed by atoms with van der Waals surface area (Å²) >= 11 is 0. The predicted molar refractivity (Wildman–Crippen MR) is 81.4 cm³/mol. The molecule has 0 spiro atoms. The molecule has 5 heteroatoms. The maximum Gasteiger partial charge on any atom is 0.237 e. The molecule has 2 N–H and O–H groups in total. The van der Waals surface area contributed by atoms with Gasteiger partial charge in [-0.05, 0) is 43.6 Å². The second-order valence-electron chi connectivity index (χ2n) is 5.40. The molecule has 1 fully saturated rings. The van der Waals surface area contributed by atoms with Gasteiger partial charge in [-0.2, -0.15) is 0 Å². The van der Waals surface area contributed by atoms with Crippen LogP contribution in [0.2, 0.25) is 0 Å². The fourth-order valence-corrected chi connectivity index (χ4v) is 2.71. The lowest BCUT2D eigenvalue weighted by Gasteiger charge is -2.23. The highest BCUT2D eigenvalue weighted by Crippen LogP contribution is 2.20. The number of benzene rings is 1. The van der Waals surface area contributed by atoms with E-state index in [0.717, 1.165) is 38.0 Å². The molecule has 0 aliphatic carbocycles. The fraction of sp³-hybridized carbons (Fsp3) is 0.562. The number of rotatable bonds is 7. The Morgan fingerprint density at radius 2 is 2.10 bits per heavy atom.